The van der Waals surface area contributed by atoms with Gasteiger partial charge in [-0.05, 0) is 31.0 Å². The highest BCUT2D eigenvalue weighted by atomic mass is 15.3. The Kier molecular flexibility index (Phi) is 3.06. The highest BCUT2D eigenvalue weighted by Crippen LogP contribution is 2.10. The van der Waals surface area contributed by atoms with Crippen LogP contribution in [0.1, 0.15) is 11.3 Å². The summed E-state index contributed by atoms with van der Waals surface area (Å²) in [6.07, 6.45) is 6.05. The lowest BCUT2D eigenvalue weighted by Crippen LogP contribution is -2.10. The minimum Gasteiger partial charge on any atom is -0.370 e. The Morgan fingerprint density at radius 2 is 2.11 bits per heavy atom. The molecule has 3 rings (SSSR count). The molecule has 0 unspecified atom stereocenters. The predicted octanol–water partition coefficient (Wildman–Crippen LogP) is 1.48. The fraction of sp³-hybridized carbons (Fsp3) is 0.231. The maximum atomic E-state index is 4.30. The van der Waals surface area contributed by atoms with E-state index in [1.807, 2.05) is 37.5 Å². The first-order chi connectivity index (χ1) is 9.33. The van der Waals surface area contributed by atoms with Crippen molar-refractivity contribution in [2.75, 3.05) is 11.9 Å². The van der Waals surface area contributed by atoms with Crippen LogP contribution in [-0.2, 0) is 6.42 Å². The lowest BCUT2D eigenvalue weighted by molar-refractivity contribution is 0.905. The van der Waals surface area contributed by atoms with Gasteiger partial charge in [0, 0.05) is 30.7 Å². The summed E-state index contributed by atoms with van der Waals surface area (Å²) in [5, 5.41) is 7.52. The van der Waals surface area contributed by atoms with Gasteiger partial charge < -0.3 is 5.32 Å². The van der Waals surface area contributed by atoms with Gasteiger partial charge in [-0.2, -0.15) is 14.6 Å². The van der Waals surface area contributed by atoms with E-state index in [9.17, 15) is 0 Å². The van der Waals surface area contributed by atoms with E-state index in [0.717, 1.165) is 24.5 Å². The number of aryl methyl sites for hydroxylation is 1. The van der Waals surface area contributed by atoms with Gasteiger partial charge in [0.05, 0.1) is 0 Å². The normalized spacial score (nSPS) is 10.8. The first-order valence-electron chi connectivity index (χ1n) is 6.13. The fourth-order valence-corrected chi connectivity index (χ4v) is 1.94. The van der Waals surface area contributed by atoms with Crippen molar-refractivity contribution >= 4 is 11.6 Å². The van der Waals surface area contributed by atoms with Gasteiger partial charge in [-0.1, -0.05) is 0 Å². The monoisotopic (exact) mass is 254 g/mol. The van der Waals surface area contributed by atoms with E-state index in [2.05, 4.69) is 25.4 Å². The van der Waals surface area contributed by atoms with E-state index >= 15 is 0 Å². The number of nitrogens with zero attached hydrogens (tertiary/aromatic N) is 5. The maximum absolute atomic E-state index is 4.30. The largest absolute Gasteiger partial charge is 0.370 e. The Balaban J connectivity index is 1.73. The second-order valence-electron chi connectivity index (χ2n) is 4.29. The van der Waals surface area contributed by atoms with E-state index in [-0.39, 0.29) is 0 Å². The van der Waals surface area contributed by atoms with Crippen molar-refractivity contribution in [1.29, 1.82) is 0 Å². The van der Waals surface area contributed by atoms with Crippen LogP contribution in [0, 0.1) is 6.92 Å². The molecule has 0 spiro atoms. The average molecular weight is 254 g/mol. The van der Waals surface area contributed by atoms with E-state index in [0.29, 0.717) is 5.78 Å². The van der Waals surface area contributed by atoms with Crippen molar-refractivity contribution in [2.45, 2.75) is 13.3 Å². The Bertz CT molecular complexity index is 676. The minimum absolute atomic E-state index is 0.617. The zero-order valence-corrected chi connectivity index (χ0v) is 10.6. The molecule has 0 aliphatic heterocycles. The summed E-state index contributed by atoms with van der Waals surface area (Å²) in [4.78, 5) is 12.4. The molecule has 3 heterocycles. The van der Waals surface area contributed by atoms with Crippen molar-refractivity contribution in [3.8, 4) is 0 Å². The predicted molar refractivity (Wildman–Crippen MR) is 71.9 cm³/mol. The number of nitrogens with one attached hydrogen (secondary N) is 1. The summed E-state index contributed by atoms with van der Waals surface area (Å²) in [7, 11) is 0. The molecule has 0 aromatic carbocycles. The van der Waals surface area contributed by atoms with E-state index in [1.165, 1.54) is 11.9 Å². The van der Waals surface area contributed by atoms with Crippen LogP contribution in [0.3, 0.4) is 0 Å². The topological polar surface area (TPSA) is 68.0 Å². The Hall–Kier alpha value is -2.50. The van der Waals surface area contributed by atoms with E-state index < -0.39 is 0 Å². The molecule has 0 fully saturated rings. The lowest BCUT2D eigenvalue weighted by atomic mass is 10.2. The Labute approximate surface area is 110 Å². The van der Waals surface area contributed by atoms with Gasteiger partial charge in [0.2, 0.25) is 0 Å². The fourth-order valence-electron chi connectivity index (χ4n) is 1.94. The van der Waals surface area contributed by atoms with Gasteiger partial charge in [-0.25, -0.2) is 4.98 Å². The van der Waals surface area contributed by atoms with Gasteiger partial charge in [-0.15, -0.1) is 0 Å². The second kappa shape index (κ2) is 5.01. The highest BCUT2D eigenvalue weighted by Gasteiger charge is 2.04. The summed E-state index contributed by atoms with van der Waals surface area (Å²) < 4.78 is 1.71. The summed E-state index contributed by atoms with van der Waals surface area (Å²) in [5.41, 5.74) is 2.18. The van der Waals surface area contributed by atoms with Crippen LogP contribution in [-0.4, -0.2) is 31.1 Å². The number of pyridine rings is 1. The summed E-state index contributed by atoms with van der Waals surface area (Å²) >= 11 is 0. The van der Waals surface area contributed by atoms with Crippen LogP contribution in [0.5, 0.6) is 0 Å². The molecule has 0 atom stereocenters. The van der Waals surface area contributed by atoms with Gasteiger partial charge >= 0.3 is 0 Å². The van der Waals surface area contributed by atoms with E-state index in [4.69, 9.17) is 0 Å². The Morgan fingerprint density at radius 1 is 1.26 bits per heavy atom. The molecule has 6 nitrogen and oxygen atoms in total. The van der Waals surface area contributed by atoms with Crippen molar-refractivity contribution in [1.82, 2.24) is 24.6 Å². The van der Waals surface area contributed by atoms with Crippen LogP contribution in [0.25, 0.3) is 5.78 Å². The number of anilines is 1. The van der Waals surface area contributed by atoms with Crippen LogP contribution in [0.4, 0.5) is 5.82 Å². The SMILES string of the molecule is Cc1cc(NCCc2ccncc2)n2ncnc2n1. The zero-order valence-electron chi connectivity index (χ0n) is 10.6. The van der Waals surface area contributed by atoms with E-state index in [1.54, 1.807) is 4.52 Å². The molecule has 19 heavy (non-hydrogen) atoms. The molecule has 96 valence electrons. The number of aromatic nitrogens is 5. The summed E-state index contributed by atoms with van der Waals surface area (Å²) in [6, 6.07) is 6.00. The summed E-state index contributed by atoms with van der Waals surface area (Å²) in [5.74, 6) is 1.53. The molecule has 0 radical (unpaired) electrons. The lowest BCUT2D eigenvalue weighted by Gasteiger charge is -2.08. The van der Waals surface area contributed by atoms with Crippen molar-refractivity contribution in [3.63, 3.8) is 0 Å². The van der Waals surface area contributed by atoms with Crippen molar-refractivity contribution < 1.29 is 0 Å². The zero-order chi connectivity index (χ0) is 13.1. The molecule has 0 aliphatic carbocycles. The van der Waals surface area contributed by atoms with Crippen LogP contribution < -0.4 is 5.32 Å². The van der Waals surface area contributed by atoms with Crippen molar-refractivity contribution in [2.24, 2.45) is 0 Å². The molecule has 3 aromatic heterocycles. The molecule has 1 N–H and O–H groups in total. The van der Waals surface area contributed by atoms with Gasteiger partial charge in [0.15, 0.2) is 0 Å². The standard InChI is InChI=1S/C13H14N6/c1-10-8-12(19-13(18-10)16-9-17-19)15-7-4-11-2-5-14-6-3-11/h2-3,5-6,8-9,15H,4,7H2,1H3. The molecule has 0 aliphatic rings. The molecule has 0 saturated heterocycles. The molecule has 0 saturated carbocycles. The third-order valence-electron chi connectivity index (χ3n) is 2.85. The summed E-state index contributed by atoms with van der Waals surface area (Å²) in [6.45, 7) is 2.77. The third-order valence-corrected chi connectivity index (χ3v) is 2.85. The number of fused-ring (bicyclic) bond motifs is 1. The maximum Gasteiger partial charge on any atom is 0.254 e. The number of hydrogen-bond donors (Lipinski definition) is 1. The van der Waals surface area contributed by atoms with Crippen LogP contribution in [0.15, 0.2) is 36.9 Å². The number of hydrogen-bond acceptors (Lipinski definition) is 5. The quantitative estimate of drug-likeness (QED) is 0.763. The molecule has 6 heteroatoms. The average Bonchev–Trinajstić information content (AvgIpc) is 2.88. The van der Waals surface area contributed by atoms with Gasteiger partial charge in [0.1, 0.15) is 12.1 Å². The van der Waals surface area contributed by atoms with Crippen molar-refractivity contribution in [3.05, 3.63) is 48.2 Å². The molecule has 0 bridgehead atoms. The number of rotatable bonds is 4. The first-order valence-corrected chi connectivity index (χ1v) is 6.13. The third kappa shape index (κ3) is 2.52. The molecular weight excluding hydrogens is 240 g/mol. The first kappa shape index (κ1) is 11.6. The highest BCUT2D eigenvalue weighted by molar-refractivity contribution is 5.44. The molecule has 3 aromatic rings. The van der Waals surface area contributed by atoms with Crippen LogP contribution in [0.2, 0.25) is 0 Å². The van der Waals surface area contributed by atoms with Crippen LogP contribution >= 0.6 is 0 Å². The Morgan fingerprint density at radius 3 is 2.95 bits per heavy atom. The van der Waals surface area contributed by atoms with Gasteiger partial charge in [-0.3, -0.25) is 4.98 Å². The minimum atomic E-state index is 0.617. The smallest absolute Gasteiger partial charge is 0.254 e. The van der Waals surface area contributed by atoms with Gasteiger partial charge in [0.25, 0.3) is 5.78 Å². The second-order valence-corrected chi connectivity index (χ2v) is 4.29. The molecular formula is C13H14N6. The molecule has 0 amide bonds.